The lowest BCUT2D eigenvalue weighted by molar-refractivity contribution is -0.135. The topological polar surface area (TPSA) is 78.5 Å². The van der Waals surface area contributed by atoms with Gasteiger partial charge in [0.15, 0.2) is 0 Å². The number of unbranched alkanes of at least 4 members (excludes halogenated alkanes) is 3. The Kier molecular flexibility index (Phi) is 7.26. The van der Waals surface area contributed by atoms with Crippen LogP contribution in [0, 0.1) is 0 Å². The first-order valence-corrected chi connectivity index (χ1v) is 9.92. The van der Waals surface area contributed by atoms with E-state index in [4.69, 9.17) is 0 Å². The van der Waals surface area contributed by atoms with Gasteiger partial charge >= 0.3 is 6.03 Å². The average Bonchev–Trinajstić information content (AvgIpc) is 2.74. The summed E-state index contributed by atoms with van der Waals surface area (Å²) in [6.45, 7) is 3.97. The molecule has 1 saturated heterocycles. The van der Waals surface area contributed by atoms with Crippen LogP contribution in [-0.2, 0) is 9.59 Å². The summed E-state index contributed by atoms with van der Waals surface area (Å²) in [6.07, 6.45) is 11.0. The number of imide groups is 1. The van der Waals surface area contributed by atoms with Crippen molar-refractivity contribution in [2.75, 3.05) is 6.54 Å². The maximum Gasteiger partial charge on any atom is 0.325 e. The van der Waals surface area contributed by atoms with Crippen molar-refractivity contribution in [1.29, 1.82) is 0 Å². The van der Waals surface area contributed by atoms with E-state index in [-0.39, 0.29) is 24.4 Å². The predicted molar refractivity (Wildman–Crippen MR) is 97.0 cm³/mol. The summed E-state index contributed by atoms with van der Waals surface area (Å²) >= 11 is 0. The smallest absolute Gasteiger partial charge is 0.325 e. The van der Waals surface area contributed by atoms with E-state index >= 15 is 0 Å². The van der Waals surface area contributed by atoms with Gasteiger partial charge in [-0.15, -0.1) is 0 Å². The molecular formula is C19H33N3O3. The number of nitrogens with one attached hydrogen (secondary N) is 2. The molecule has 0 aromatic carbocycles. The minimum Gasteiger partial charge on any atom is -0.352 e. The molecule has 2 fully saturated rings. The molecule has 142 valence electrons. The first-order chi connectivity index (χ1) is 12.0. The first-order valence-electron chi connectivity index (χ1n) is 9.92. The highest BCUT2D eigenvalue weighted by atomic mass is 16.2. The van der Waals surface area contributed by atoms with Crippen molar-refractivity contribution in [2.24, 2.45) is 0 Å². The third kappa shape index (κ3) is 5.19. The number of urea groups is 1. The summed E-state index contributed by atoms with van der Waals surface area (Å²) in [6, 6.07) is -0.352. The molecule has 2 rings (SSSR count). The van der Waals surface area contributed by atoms with Gasteiger partial charge in [0.25, 0.3) is 5.91 Å². The number of nitrogens with zero attached hydrogens (tertiary/aromatic N) is 1. The highest BCUT2D eigenvalue weighted by Gasteiger charge is 2.51. The second-order valence-corrected chi connectivity index (χ2v) is 7.64. The first kappa shape index (κ1) is 19.7. The van der Waals surface area contributed by atoms with E-state index in [1.54, 1.807) is 0 Å². The highest BCUT2D eigenvalue weighted by Crippen LogP contribution is 2.32. The monoisotopic (exact) mass is 351 g/mol. The van der Waals surface area contributed by atoms with Crippen molar-refractivity contribution in [2.45, 2.75) is 96.1 Å². The van der Waals surface area contributed by atoms with Crippen LogP contribution in [0.4, 0.5) is 4.79 Å². The van der Waals surface area contributed by atoms with Crippen LogP contribution in [0.2, 0.25) is 0 Å². The Balaban J connectivity index is 1.83. The van der Waals surface area contributed by atoms with Crippen molar-refractivity contribution >= 4 is 17.8 Å². The predicted octanol–water partition coefficient (Wildman–Crippen LogP) is 3.11. The van der Waals surface area contributed by atoms with Gasteiger partial charge < -0.3 is 10.6 Å². The number of hydrogen-bond donors (Lipinski definition) is 2. The maximum absolute atomic E-state index is 12.8. The van der Waals surface area contributed by atoms with E-state index < -0.39 is 11.6 Å². The van der Waals surface area contributed by atoms with Gasteiger partial charge in [-0.05, 0) is 26.2 Å². The van der Waals surface area contributed by atoms with Crippen LogP contribution < -0.4 is 10.6 Å². The Bertz CT molecular complexity index is 484. The average molecular weight is 351 g/mol. The molecule has 1 spiro atoms. The summed E-state index contributed by atoms with van der Waals surface area (Å²) < 4.78 is 0. The zero-order chi connectivity index (χ0) is 18.3. The molecular weight excluding hydrogens is 318 g/mol. The van der Waals surface area contributed by atoms with Gasteiger partial charge in [0.2, 0.25) is 5.91 Å². The van der Waals surface area contributed by atoms with Crippen LogP contribution in [0.15, 0.2) is 0 Å². The van der Waals surface area contributed by atoms with Gasteiger partial charge in [-0.25, -0.2) is 4.79 Å². The molecule has 0 aromatic rings. The lowest BCUT2D eigenvalue weighted by Crippen LogP contribution is -2.47. The molecule has 2 N–H and O–H groups in total. The molecule has 6 heteroatoms. The molecule has 0 aromatic heterocycles. The second-order valence-electron chi connectivity index (χ2n) is 7.64. The quantitative estimate of drug-likeness (QED) is 0.521. The number of amides is 4. The Morgan fingerprint density at radius 2 is 1.84 bits per heavy atom. The molecule has 4 amide bonds. The Labute approximate surface area is 151 Å². The second kappa shape index (κ2) is 9.20. The van der Waals surface area contributed by atoms with E-state index in [1.165, 1.54) is 19.3 Å². The summed E-state index contributed by atoms with van der Waals surface area (Å²) in [5.41, 5.74) is -0.764. The lowest BCUT2D eigenvalue weighted by Gasteiger charge is -2.24. The minimum absolute atomic E-state index is 0.0666. The van der Waals surface area contributed by atoms with Gasteiger partial charge in [-0.1, -0.05) is 58.3 Å². The zero-order valence-electron chi connectivity index (χ0n) is 15.7. The Morgan fingerprint density at radius 3 is 2.48 bits per heavy atom. The SMILES string of the molecule is CCCCCC[C@H](C)NC(=O)CN1C(=O)NC2(CCCCCC2)C1=O. The third-order valence-corrected chi connectivity index (χ3v) is 5.40. The summed E-state index contributed by atoms with van der Waals surface area (Å²) in [5, 5.41) is 5.79. The van der Waals surface area contributed by atoms with Crippen LogP contribution in [-0.4, -0.2) is 40.9 Å². The van der Waals surface area contributed by atoms with Gasteiger partial charge in [0.05, 0.1) is 0 Å². The maximum atomic E-state index is 12.8. The van der Waals surface area contributed by atoms with Gasteiger partial charge in [0.1, 0.15) is 12.1 Å². The standard InChI is InChI=1S/C19H33N3O3/c1-3-4-5-8-11-15(2)20-16(23)14-22-17(24)19(21-18(22)25)12-9-6-7-10-13-19/h15H,3-14H2,1-2H3,(H,20,23)(H,21,25)/t15-/m0/s1. The molecule has 25 heavy (non-hydrogen) atoms. The lowest BCUT2D eigenvalue weighted by atomic mass is 9.90. The highest BCUT2D eigenvalue weighted by molar-refractivity contribution is 6.09. The van der Waals surface area contributed by atoms with Crippen LogP contribution in [0.3, 0.4) is 0 Å². The van der Waals surface area contributed by atoms with E-state index in [0.717, 1.165) is 43.4 Å². The van der Waals surface area contributed by atoms with Crippen LogP contribution in [0.1, 0.15) is 84.5 Å². The van der Waals surface area contributed by atoms with E-state index in [9.17, 15) is 14.4 Å². The normalized spacial score (nSPS) is 21.1. The molecule has 0 bridgehead atoms. The summed E-state index contributed by atoms with van der Waals surface area (Å²) in [5.74, 6) is -0.470. The van der Waals surface area contributed by atoms with E-state index in [2.05, 4.69) is 17.6 Å². The fourth-order valence-corrected chi connectivity index (χ4v) is 3.90. The minimum atomic E-state index is -0.764. The van der Waals surface area contributed by atoms with Gasteiger partial charge in [-0.2, -0.15) is 0 Å². The molecule has 6 nitrogen and oxygen atoms in total. The van der Waals surface area contributed by atoms with Crippen molar-refractivity contribution in [3.63, 3.8) is 0 Å². The molecule has 0 radical (unpaired) electrons. The fraction of sp³-hybridized carbons (Fsp3) is 0.842. The molecule has 1 heterocycles. The third-order valence-electron chi connectivity index (χ3n) is 5.40. The molecule has 0 unspecified atom stereocenters. The molecule has 1 atom stereocenters. The number of carbonyl (C=O) groups excluding carboxylic acids is 3. The molecule has 2 aliphatic rings. The summed E-state index contributed by atoms with van der Waals surface area (Å²) in [4.78, 5) is 38.4. The van der Waals surface area contributed by atoms with Crippen molar-refractivity contribution in [3.05, 3.63) is 0 Å². The van der Waals surface area contributed by atoms with Crippen molar-refractivity contribution in [3.8, 4) is 0 Å². The number of hydrogen-bond acceptors (Lipinski definition) is 3. The van der Waals surface area contributed by atoms with Crippen molar-refractivity contribution < 1.29 is 14.4 Å². The largest absolute Gasteiger partial charge is 0.352 e. The van der Waals surface area contributed by atoms with Crippen LogP contribution in [0.25, 0.3) is 0 Å². The zero-order valence-corrected chi connectivity index (χ0v) is 15.7. The molecule has 1 aliphatic carbocycles. The Hall–Kier alpha value is -1.59. The Morgan fingerprint density at radius 1 is 1.16 bits per heavy atom. The summed E-state index contributed by atoms with van der Waals surface area (Å²) in [7, 11) is 0. The van der Waals surface area contributed by atoms with E-state index in [0.29, 0.717) is 12.8 Å². The van der Waals surface area contributed by atoms with Gasteiger partial charge in [0, 0.05) is 6.04 Å². The molecule has 1 aliphatic heterocycles. The van der Waals surface area contributed by atoms with Crippen LogP contribution >= 0.6 is 0 Å². The fourth-order valence-electron chi connectivity index (χ4n) is 3.90. The number of carbonyl (C=O) groups is 3. The number of rotatable bonds is 8. The van der Waals surface area contributed by atoms with Gasteiger partial charge in [-0.3, -0.25) is 14.5 Å². The van der Waals surface area contributed by atoms with Crippen LogP contribution in [0.5, 0.6) is 0 Å². The van der Waals surface area contributed by atoms with E-state index in [1.807, 2.05) is 6.92 Å². The van der Waals surface area contributed by atoms with Crippen molar-refractivity contribution in [1.82, 2.24) is 15.5 Å². The molecule has 1 saturated carbocycles.